The summed E-state index contributed by atoms with van der Waals surface area (Å²) in [4.78, 5) is 15.0. The van der Waals surface area contributed by atoms with E-state index >= 15 is 0 Å². The zero-order valence-electron chi connectivity index (χ0n) is 15.4. The Morgan fingerprint density at radius 1 is 1.23 bits per heavy atom. The molecule has 1 N–H and O–H groups in total. The third-order valence-electron chi connectivity index (χ3n) is 5.53. The van der Waals surface area contributed by atoms with E-state index in [1.165, 1.54) is 15.6 Å². The predicted octanol–water partition coefficient (Wildman–Crippen LogP) is 2.14. The van der Waals surface area contributed by atoms with Crippen LogP contribution in [0.4, 0.5) is 0 Å². The second kappa shape index (κ2) is 8.82. The van der Waals surface area contributed by atoms with E-state index in [-0.39, 0.29) is 5.91 Å². The number of hydrogen-bond donors (Lipinski definition) is 1. The molecule has 146 valence electrons. The van der Waals surface area contributed by atoms with E-state index in [2.05, 4.69) is 5.32 Å². The van der Waals surface area contributed by atoms with Crippen LogP contribution in [0.15, 0.2) is 21.7 Å². The molecule has 2 saturated heterocycles. The number of rotatable bonds is 6. The molecular weight excluding hydrogens is 370 g/mol. The zero-order valence-corrected chi connectivity index (χ0v) is 17.0. The second-order valence-corrected chi connectivity index (χ2v) is 10.3. The van der Waals surface area contributed by atoms with Gasteiger partial charge in [-0.25, -0.2) is 8.42 Å². The van der Waals surface area contributed by atoms with Gasteiger partial charge < -0.3 is 10.2 Å². The highest BCUT2D eigenvalue weighted by molar-refractivity contribution is 7.91. The van der Waals surface area contributed by atoms with Crippen LogP contribution in [0.25, 0.3) is 0 Å². The molecule has 1 aromatic heterocycles. The van der Waals surface area contributed by atoms with E-state index in [4.69, 9.17) is 0 Å². The quantitative estimate of drug-likeness (QED) is 0.796. The fourth-order valence-electron chi connectivity index (χ4n) is 3.97. The van der Waals surface area contributed by atoms with Gasteiger partial charge in [-0.15, -0.1) is 11.3 Å². The van der Waals surface area contributed by atoms with Crippen molar-refractivity contribution in [1.29, 1.82) is 0 Å². The summed E-state index contributed by atoms with van der Waals surface area (Å²) in [6.07, 6.45) is 5.52. The molecule has 0 aliphatic carbocycles. The molecule has 6 nitrogen and oxygen atoms in total. The number of sulfonamides is 1. The standard InChI is InChI=1S/C18H29N3O3S2/c1-19-10-7-15-8-12-20(13-9-15)18(22)16-5-2-3-11-21(16)26(23,24)17-6-4-14-25-17/h4,6,14-16,19H,2-3,5,7-13H2,1H3. The number of carbonyl (C=O) groups excluding carboxylic acids is 1. The lowest BCUT2D eigenvalue weighted by atomic mass is 9.92. The van der Waals surface area contributed by atoms with Gasteiger partial charge in [-0.05, 0) is 63.1 Å². The number of carbonyl (C=O) groups is 1. The number of piperidine rings is 2. The van der Waals surface area contributed by atoms with E-state index < -0.39 is 16.1 Å². The Labute approximate surface area is 160 Å². The lowest BCUT2D eigenvalue weighted by Gasteiger charge is -2.39. The van der Waals surface area contributed by atoms with E-state index in [0.29, 0.717) is 23.1 Å². The smallest absolute Gasteiger partial charge is 0.253 e. The average Bonchev–Trinajstić information content (AvgIpc) is 3.22. The minimum Gasteiger partial charge on any atom is -0.341 e. The van der Waals surface area contributed by atoms with E-state index in [9.17, 15) is 13.2 Å². The zero-order chi connectivity index (χ0) is 18.6. The van der Waals surface area contributed by atoms with Gasteiger partial charge in [-0.3, -0.25) is 4.79 Å². The monoisotopic (exact) mass is 399 g/mol. The fourth-order valence-corrected chi connectivity index (χ4v) is 6.74. The maximum absolute atomic E-state index is 13.1. The van der Waals surface area contributed by atoms with Gasteiger partial charge in [-0.2, -0.15) is 4.31 Å². The van der Waals surface area contributed by atoms with Crippen LogP contribution in [0, 0.1) is 5.92 Å². The average molecular weight is 400 g/mol. The third kappa shape index (κ3) is 4.30. The van der Waals surface area contributed by atoms with Crippen molar-refractivity contribution in [2.45, 2.75) is 48.8 Å². The minimum atomic E-state index is -3.58. The Bertz CT molecular complexity index is 683. The van der Waals surface area contributed by atoms with Gasteiger partial charge in [-0.1, -0.05) is 12.5 Å². The molecule has 1 amide bonds. The Hall–Kier alpha value is -0.960. The van der Waals surface area contributed by atoms with Crippen molar-refractivity contribution in [3.8, 4) is 0 Å². The van der Waals surface area contributed by atoms with E-state index in [0.717, 1.165) is 51.7 Å². The van der Waals surface area contributed by atoms with Crippen LogP contribution in [0.5, 0.6) is 0 Å². The number of nitrogens with one attached hydrogen (secondary N) is 1. The predicted molar refractivity (Wildman–Crippen MR) is 104 cm³/mol. The molecule has 1 atom stereocenters. The number of amides is 1. The Kier molecular flexibility index (Phi) is 6.71. The highest BCUT2D eigenvalue weighted by atomic mass is 32.2. The first-order valence-corrected chi connectivity index (χ1v) is 11.8. The van der Waals surface area contributed by atoms with Crippen molar-refractivity contribution in [3.63, 3.8) is 0 Å². The number of hydrogen-bond acceptors (Lipinski definition) is 5. The summed E-state index contributed by atoms with van der Waals surface area (Å²) in [7, 11) is -1.62. The highest BCUT2D eigenvalue weighted by Gasteiger charge is 2.40. The summed E-state index contributed by atoms with van der Waals surface area (Å²) < 4.78 is 27.7. The maximum atomic E-state index is 13.1. The molecule has 26 heavy (non-hydrogen) atoms. The molecule has 1 aromatic rings. The van der Waals surface area contributed by atoms with Gasteiger partial charge in [0.1, 0.15) is 10.3 Å². The summed E-state index contributed by atoms with van der Waals surface area (Å²) in [6.45, 7) is 2.94. The topological polar surface area (TPSA) is 69.7 Å². The van der Waals surface area contributed by atoms with Crippen molar-refractivity contribution >= 4 is 27.3 Å². The molecule has 1 unspecified atom stereocenters. The van der Waals surface area contributed by atoms with Crippen LogP contribution in [0.1, 0.15) is 38.5 Å². The minimum absolute atomic E-state index is 0.00287. The Morgan fingerprint density at radius 3 is 2.65 bits per heavy atom. The molecule has 3 heterocycles. The first kappa shape index (κ1) is 19.8. The van der Waals surface area contributed by atoms with Crippen LogP contribution in [0.2, 0.25) is 0 Å². The van der Waals surface area contributed by atoms with Crippen LogP contribution in [0.3, 0.4) is 0 Å². The van der Waals surface area contributed by atoms with Gasteiger partial charge in [0.25, 0.3) is 10.0 Å². The second-order valence-electron chi connectivity index (χ2n) is 7.22. The molecule has 2 aliphatic rings. The lowest BCUT2D eigenvalue weighted by Crippen LogP contribution is -2.54. The van der Waals surface area contributed by atoms with E-state index in [1.54, 1.807) is 17.5 Å². The third-order valence-corrected chi connectivity index (χ3v) is 8.81. The van der Waals surface area contributed by atoms with Gasteiger partial charge >= 0.3 is 0 Å². The Balaban J connectivity index is 1.67. The van der Waals surface area contributed by atoms with Crippen LogP contribution < -0.4 is 5.32 Å². The number of nitrogens with zero attached hydrogens (tertiary/aromatic N) is 2. The van der Waals surface area contributed by atoms with Gasteiger partial charge in [0.2, 0.25) is 5.91 Å². The molecule has 8 heteroatoms. The maximum Gasteiger partial charge on any atom is 0.253 e. The summed E-state index contributed by atoms with van der Waals surface area (Å²) in [6, 6.07) is 2.84. The van der Waals surface area contributed by atoms with Crippen LogP contribution >= 0.6 is 11.3 Å². The van der Waals surface area contributed by atoms with E-state index in [1.807, 2.05) is 11.9 Å². The van der Waals surface area contributed by atoms with Crippen molar-refractivity contribution in [2.75, 3.05) is 33.2 Å². The first-order chi connectivity index (χ1) is 12.5. The number of thiophene rings is 1. The Morgan fingerprint density at radius 2 is 2.00 bits per heavy atom. The first-order valence-electron chi connectivity index (χ1n) is 9.53. The fraction of sp³-hybridized carbons (Fsp3) is 0.722. The lowest BCUT2D eigenvalue weighted by molar-refractivity contribution is -0.137. The summed E-state index contributed by atoms with van der Waals surface area (Å²) in [5, 5.41) is 4.95. The molecule has 0 radical (unpaired) electrons. The summed E-state index contributed by atoms with van der Waals surface area (Å²) in [5.41, 5.74) is 0. The van der Waals surface area contributed by atoms with Crippen molar-refractivity contribution in [3.05, 3.63) is 17.5 Å². The summed E-state index contributed by atoms with van der Waals surface area (Å²) >= 11 is 1.22. The van der Waals surface area contributed by atoms with Crippen molar-refractivity contribution in [1.82, 2.24) is 14.5 Å². The molecule has 3 rings (SSSR count). The number of likely N-dealkylation sites (tertiary alicyclic amines) is 1. The normalized spacial score (nSPS) is 23.3. The highest BCUT2D eigenvalue weighted by Crippen LogP contribution is 2.30. The SMILES string of the molecule is CNCCC1CCN(C(=O)C2CCCCN2S(=O)(=O)c2cccs2)CC1. The van der Waals surface area contributed by atoms with Crippen LogP contribution in [-0.4, -0.2) is 62.8 Å². The molecule has 0 saturated carbocycles. The molecular formula is C18H29N3O3S2. The van der Waals surface area contributed by atoms with Gasteiger partial charge in [0.05, 0.1) is 0 Å². The molecule has 2 aliphatic heterocycles. The molecule has 2 fully saturated rings. The van der Waals surface area contributed by atoms with Gasteiger partial charge in [0, 0.05) is 19.6 Å². The van der Waals surface area contributed by atoms with Gasteiger partial charge in [0.15, 0.2) is 0 Å². The van der Waals surface area contributed by atoms with Crippen molar-refractivity contribution < 1.29 is 13.2 Å². The molecule has 0 bridgehead atoms. The molecule has 0 spiro atoms. The largest absolute Gasteiger partial charge is 0.341 e. The van der Waals surface area contributed by atoms with Crippen molar-refractivity contribution in [2.24, 2.45) is 5.92 Å². The molecule has 0 aromatic carbocycles. The summed E-state index contributed by atoms with van der Waals surface area (Å²) in [5.74, 6) is 0.653. The van der Waals surface area contributed by atoms with Crippen LogP contribution in [-0.2, 0) is 14.8 Å².